The quantitative estimate of drug-likeness (QED) is 0.656. The van der Waals surface area contributed by atoms with E-state index >= 15 is 0 Å². The Labute approximate surface area is 187 Å². The Morgan fingerprint density at radius 3 is 2.61 bits per heavy atom. The SMILES string of the molecule is Cn1nncc1-c1csc(C(=O)N[C@H](CC2CCCCC2)CN(C(=O)O)C(C)(C)C)c1. The standard InChI is InChI=1S/C22H33N5O3S/c1-22(2,3)27(21(29)30)13-17(10-15-8-6-5-7-9-15)24-20(28)19-11-16(14-31-19)18-12-23-25-26(18)4/h11-12,14-15,17H,5-10,13H2,1-4H3,(H,24,28)(H,29,30)/t17-/m1/s1. The molecule has 0 aromatic carbocycles. The number of aromatic nitrogens is 3. The number of hydrogen-bond donors (Lipinski definition) is 2. The number of carbonyl (C=O) groups is 2. The highest BCUT2D eigenvalue weighted by Crippen LogP contribution is 2.29. The molecule has 2 heterocycles. The van der Waals surface area contributed by atoms with E-state index < -0.39 is 11.6 Å². The zero-order valence-corrected chi connectivity index (χ0v) is 19.6. The van der Waals surface area contributed by atoms with Crippen molar-refractivity contribution in [2.75, 3.05) is 6.54 Å². The summed E-state index contributed by atoms with van der Waals surface area (Å²) >= 11 is 1.37. The van der Waals surface area contributed by atoms with E-state index in [0.717, 1.165) is 30.5 Å². The predicted molar refractivity (Wildman–Crippen MR) is 121 cm³/mol. The first-order valence-corrected chi connectivity index (χ1v) is 11.8. The van der Waals surface area contributed by atoms with Gasteiger partial charge in [-0.05, 0) is 39.2 Å². The van der Waals surface area contributed by atoms with Gasteiger partial charge in [-0.2, -0.15) is 0 Å². The van der Waals surface area contributed by atoms with Gasteiger partial charge < -0.3 is 15.3 Å². The van der Waals surface area contributed by atoms with Crippen LogP contribution in [-0.4, -0.2) is 55.1 Å². The highest BCUT2D eigenvalue weighted by molar-refractivity contribution is 7.12. The van der Waals surface area contributed by atoms with Crippen molar-refractivity contribution in [2.45, 2.75) is 70.9 Å². The van der Waals surface area contributed by atoms with Gasteiger partial charge in [0.1, 0.15) is 0 Å². The molecule has 31 heavy (non-hydrogen) atoms. The molecule has 1 aliphatic rings. The van der Waals surface area contributed by atoms with Crippen LogP contribution >= 0.6 is 11.3 Å². The van der Waals surface area contributed by atoms with E-state index in [4.69, 9.17) is 0 Å². The maximum absolute atomic E-state index is 13.1. The van der Waals surface area contributed by atoms with Gasteiger partial charge in [0.2, 0.25) is 0 Å². The summed E-state index contributed by atoms with van der Waals surface area (Å²) in [6.45, 7) is 5.93. The van der Waals surface area contributed by atoms with E-state index in [-0.39, 0.29) is 18.5 Å². The fraction of sp³-hybridized carbons (Fsp3) is 0.636. The topological polar surface area (TPSA) is 100 Å². The lowest BCUT2D eigenvalue weighted by Gasteiger charge is -2.37. The predicted octanol–water partition coefficient (Wildman–Crippen LogP) is 4.39. The highest BCUT2D eigenvalue weighted by atomic mass is 32.1. The van der Waals surface area contributed by atoms with Gasteiger partial charge in [0, 0.05) is 36.1 Å². The zero-order valence-electron chi connectivity index (χ0n) is 18.8. The molecule has 2 aromatic heterocycles. The Kier molecular flexibility index (Phi) is 7.35. The number of thiophene rings is 1. The largest absolute Gasteiger partial charge is 0.465 e. The van der Waals surface area contributed by atoms with Crippen LogP contribution in [0.3, 0.4) is 0 Å². The second-order valence-electron chi connectivity index (χ2n) is 9.42. The summed E-state index contributed by atoms with van der Waals surface area (Å²) in [5.41, 5.74) is 1.21. The Bertz CT molecular complexity index is 895. The second-order valence-corrected chi connectivity index (χ2v) is 10.3. The summed E-state index contributed by atoms with van der Waals surface area (Å²) in [4.78, 5) is 27.0. The normalized spacial score (nSPS) is 16.1. The van der Waals surface area contributed by atoms with Crippen LogP contribution in [-0.2, 0) is 7.05 Å². The molecule has 0 saturated heterocycles. The van der Waals surface area contributed by atoms with E-state index in [0.29, 0.717) is 10.8 Å². The minimum atomic E-state index is -0.961. The number of carboxylic acid groups (broad SMARTS) is 1. The van der Waals surface area contributed by atoms with Crippen molar-refractivity contribution in [1.29, 1.82) is 0 Å². The van der Waals surface area contributed by atoms with Gasteiger partial charge in [0.25, 0.3) is 5.91 Å². The summed E-state index contributed by atoms with van der Waals surface area (Å²) in [7, 11) is 1.81. The number of hydrogen-bond acceptors (Lipinski definition) is 5. The average Bonchev–Trinajstić information content (AvgIpc) is 3.34. The Morgan fingerprint density at radius 2 is 2.03 bits per heavy atom. The first kappa shape index (κ1) is 23.2. The Morgan fingerprint density at radius 1 is 1.32 bits per heavy atom. The third kappa shape index (κ3) is 6.06. The maximum Gasteiger partial charge on any atom is 0.407 e. The molecule has 0 spiro atoms. The average molecular weight is 448 g/mol. The molecule has 1 atom stereocenters. The van der Waals surface area contributed by atoms with E-state index in [1.54, 1.807) is 10.9 Å². The van der Waals surface area contributed by atoms with Crippen molar-refractivity contribution in [3.63, 3.8) is 0 Å². The molecule has 2 N–H and O–H groups in total. The Hall–Kier alpha value is -2.42. The number of carbonyl (C=O) groups excluding carboxylic acids is 1. The first-order valence-electron chi connectivity index (χ1n) is 10.9. The summed E-state index contributed by atoms with van der Waals surface area (Å²) in [5.74, 6) is 0.362. The molecule has 1 fully saturated rings. The maximum atomic E-state index is 13.1. The van der Waals surface area contributed by atoms with Crippen molar-refractivity contribution in [1.82, 2.24) is 25.2 Å². The number of amides is 2. The van der Waals surface area contributed by atoms with Crippen LogP contribution in [0.4, 0.5) is 4.79 Å². The first-order chi connectivity index (χ1) is 14.6. The molecule has 9 heteroatoms. The Balaban J connectivity index is 1.75. The smallest absolute Gasteiger partial charge is 0.407 e. The molecule has 0 unspecified atom stereocenters. The van der Waals surface area contributed by atoms with Gasteiger partial charge in [-0.25, -0.2) is 9.48 Å². The van der Waals surface area contributed by atoms with Gasteiger partial charge in [-0.15, -0.1) is 16.4 Å². The van der Waals surface area contributed by atoms with Gasteiger partial charge in [0.05, 0.1) is 16.8 Å². The van der Waals surface area contributed by atoms with Crippen LogP contribution < -0.4 is 5.32 Å². The van der Waals surface area contributed by atoms with E-state index in [1.807, 2.05) is 39.3 Å². The van der Waals surface area contributed by atoms with Gasteiger partial charge in [-0.1, -0.05) is 37.3 Å². The van der Waals surface area contributed by atoms with Gasteiger partial charge in [0.15, 0.2) is 0 Å². The fourth-order valence-corrected chi connectivity index (χ4v) is 5.06. The molecule has 1 saturated carbocycles. The summed E-state index contributed by atoms with van der Waals surface area (Å²) in [6.07, 6.45) is 7.48. The molecule has 0 bridgehead atoms. The third-order valence-corrected chi connectivity index (χ3v) is 6.88. The molecule has 2 aromatic rings. The highest BCUT2D eigenvalue weighted by Gasteiger charge is 2.31. The van der Waals surface area contributed by atoms with E-state index in [9.17, 15) is 14.7 Å². The van der Waals surface area contributed by atoms with Gasteiger partial charge >= 0.3 is 6.09 Å². The van der Waals surface area contributed by atoms with Crippen LogP contribution in [0, 0.1) is 5.92 Å². The summed E-state index contributed by atoms with van der Waals surface area (Å²) < 4.78 is 1.67. The number of nitrogens with zero attached hydrogens (tertiary/aromatic N) is 4. The molecular weight excluding hydrogens is 414 g/mol. The minimum absolute atomic E-state index is 0.161. The van der Waals surface area contributed by atoms with Crippen LogP contribution in [0.2, 0.25) is 0 Å². The molecule has 2 amide bonds. The van der Waals surface area contributed by atoms with Crippen LogP contribution in [0.25, 0.3) is 11.3 Å². The third-order valence-electron chi connectivity index (χ3n) is 5.95. The summed E-state index contributed by atoms with van der Waals surface area (Å²) in [5, 5.41) is 22.6. The molecule has 0 aliphatic heterocycles. The molecule has 1 aliphatic carbocycles. The molecule has 0 radical (unpaired) electrons. The number of rotatable bonds is 7. The van der Waals surface area contributed by atoms with Crippen LogP contribution in [0.1, 0.15) is 69.0 Å². The molecule has 3 rings (SSSR count). The zero-order chi connectivity index (χ0) is 22.6. The summed E-state index contributed by atoms with van der Waals surface area (Å²) in [6, 6.07) is 1.62. The van der Waals surface area contributed by atoms with Gasteiger partial charge in [-0.3, -0.25) is 4.79 Å². The molecule has 170 valence electrons. The lowest BCUT2D eigenvalue weighted by atomic mass is 9.84. The minimum Gasteiger partial charge on any atom is -0.465 e. The van der Waals surface area contributed by atoms with Crippen molar-refractivity contribution in [3.05, 3.63) is 22.5 Å². The van der Waals surface area contributed by atoms with Crippen molar-refractivity contribution >= 4 is 23.3 Å². The molecule has 8 nitrogen and oxygen atoms in total. The van der Waals surface area contributed by atoms with Crippen molar-refractivity contribution in [2.24, 2.45) is 13.0 Å². The van der Waals surface area contributed by atoms with E-state index in [2.05, 4.69) is 15.6 Å². The van der Waals surface area contributed by atoms with Crippen LogP contribution in [0.15, 0.2) is 17.6 Å². The lowest BCUT2D eigenvalue weighted by molar-refractivity contribution is 0.0793. The van der Waals surface area contributed by atoms with Crippen LogP contribution in [0.5, 0.6) is 0 Å². The molecular formula is C22H33N5O3S. The lowest BCUT2D eigenvalue weighted by Crippen LogP contribution is -2.52. The van der Waals surface area contributed by atoms with Crippen molar-refractivity contribution < 1.29 is 14.7 Å². The van der Waals surface area contributed by atoms with Crippen molar-refractivity contribution in [3.8, 4) is 11.3 Å². The second kappa shape index (κ2) is 9.80. The fourth-order valence-electron chi connectivity index (χ4n) is 4.26. The monoisotopic (exact) mass is 447 g/mol. The number of nitrogens with one attached hydrogen (secondary N) is 1. The van der Waals surface area contributed by atoms with E-state index in [1.165, 1.54) is 35.5 Å². The number of aryl methyl sites for hydroxylation is 1.